The van der Waals surface area contributed by atoms with Crippen LogP contribution >= 0.6 is 0 Å². The molecule has 0 aliphatic heterocycles. The molecule has 0 amide bonds. The van der Waals surface area contributed by atoms with Gasteiger partial charge in [0, 0.05) is 16.6 Å². The summed E-state index contributed by atoms with van der Waals surface area (Å²) in [6.07, 6.45) is 0. The van der Waals surface area contributed by atoms with Crippen molar-refractivity contribution in [3.05, 3.63) is 71.5 Å². The molecule has 3 aromatic rings. The predicted octanol–water partition coefficient (Wildman–Crippen LogP) is 2.42. The SMILES string of the molecule is Cc1cccc(C[S@@](=O)Cc2nnnn2-c2ccccc2)c1. The highest BCUT2D eigenvalue weighted by Gasteiger charge is 2.12. The fourth-order valence-electron chi connectivity index (χ4n) is 2.25. The summed E-state index contributed by atoms with van der Waals surface area (Å²) >= 11 is 0. The molecule has 5 nitrogen and oxygen atoms in total. The van der Waals surface area contributed by atoms with Crippen LogP contribution in [-0.2, 0) is 22.3 Å². The Balaban J connectivity index is 1.74. The zero-order valence-electron chi connectivity index (χ0n) is 12.2. The maximum Gasteiger partial charge on any atom is 0.169 e. The van der Waals surface area contributed by atoms with Crippen LogP contribution < -0.4 is 0 Å². The first-order valence-corrected chi connectivity index (χ1v) is 8.44. The zero-order chi connectivity index (χ0) is 15.4. The topological polar surface area (TPSA) is 60.7 Å². The summed E-state index contributed by atoms with van der Waals surface area (Å²) in [6, 6.07) is 17.7. The van der Waals surface area contributed by atoms with Gasteiger partial charge in [0.05, 0.1) is 11.4 Å². The Hall–Kier alpha value is -2.34. The minimum Gasteiger partial charge on any atom is -0.259 e. The van der Waals surface area contributed by atoms with Gasteiger partial charge in [-0.15, -0.1) is 5.10 Å². The lowest BCUT2D eigenvalue weighted by Gasteiger charge is -2.05. The third-order valence-electron chi connectivity index (χ3n) is 3.24. The van der Waals surface area contributed by atoms with Crippen molar-refractivity contribution in [1.29, 1.82) is 0 Å². The number of hydrogen-bond donors (Lipinski definition) is 0. The molecular weight excluding hydrogens is 296 g/mol. The average molecular weight is 312 g/mol. The van der Waals surface area contributed by atoms with Gasteiger partial charge in [-0.2, -0.15) is 4.68 Å². The second kappa shape index (κ2) is 6.62. The Morgan fingerprint density at radius 3 is 2.64 bits per heavy atom. The summed E-state index contributed by atoms with van der Waals surface area (Å²) in [5.41, 5.74) is 3.11. The summed E-state index contributed by atoms with van der Waals surface area (Å²) < 4.78 is 14.0. The molecule has 0 radical (unpaired) electrons. The Bertz CT molecular complexity index is 786. The van der Waals surface area contributed by atoms with Gasteiger partial charge >= 0.3 is 0 Å². The van der Waals surface area contributed by atoms with Gasteiger partial charge in [0.15, 0.2) is 5.82 Å². The quantitative estimate of drug-likeness (QED) is 0.726. The zero-order valence-corrected chi connectivity index (χ0v) is 13.0. The number of para-hydroxylation sites is 1. The fourth-order valence-corrected chi connectivity index (χ4v) is 3.37. The Morgan fingerprint density at radius 1 is 1.05 bits per heavy atom. The van der Waals surface area contributed by atoms with E-state index < -0.39 is 10.8 Å². The molecular formula is C16H16N4OS. The monoisotopic (exact) mass is 312 g/mol. The molecule has 0 saturated carbocycles. The largest absolute Gasteiger partial charge is 0.259 e. The van der Waals surface area contributed by atoms with Crippen LogP contribution in [0, 0.1) is 6.92 Å². The van der Waals surface area contributed by atoms with E-state index in [9.17, 15) is 4.21 Å². The molecule has 6 heteroatoms. The number of tetrazole rings is 1. The molecule has 0 fully saturated rings. The lowest BCUT2D eigenvalue weighted by Crippen LogP contribution is -2.07. The van der Waals surface area contributed by atoms with Crippen molar-refractivity contribution in [1.82, 2.24) is 20.2 Å². The smallest absolute Gasteiger partial charge is 0.169 e. The standard InChI is InChI=1S/C16H16N4OS/c1-13-6-5-7-14(10-13)11-22(21)12-16-17-18-19-20(16)15-8-3-2-4-9-15/h2-10H,11-12H2,1H3/t22-/m1/s1. The van der Waals surface area contributed by atoms with Gasteiger partial charge < -0.3 is 0 Å². The maximum absolute atomic E-state index is 12.4. The Morgan fingerprint density at radius 2 is 1.86 bits per heavy atom. The van der Waals surface area contributed by atoms with Gasteiger partial charge in [0.1, 0.15) is 0 Å². The number of aromatic nitrogens is 4. The first kappa shape index (κ1) is 14.6. The lowest BCUT2D eigenvalue weighted by molar-refractivity contribution is 0.679. The lowest BCUT2D eigenvalue weighted by atomic mass is 10.2. The van der Waals surface area contributed by atoms with E-state index in [1.165, 1.54) is 5.56 Å². The van der Waals surface area contributed by atoms with Gasteiger partial charge in [-0.1, -0.05) is 48.0 Å². The second-order valence-corrected chi connectivity index (χ2v) is 6.52. The van der Waals surface area contributed by atoms with Crippen LogP contribution in [0.4, 0.5) is 0 Å². The molecule has 22 heavy (non-hydrogen) atoms. The van der Waals surface area contributed by atoms with Gasteiger partial charge in [0.2, 0.25) is 0 Å². The highest BCUT2D eigenvalue weighted by atomic mass is 32.2. The van der Waals surface area contributed by atoms with Crippen molar-refractivity contribution in [3.63, 3.8) is 0 Å². The molecule has 0 saturated heterocycles. The molecule has 0 unspecified atom stereocenters. The third-order valence-corrected chi connectivity index (χ3v) is 4.47. The molecule has 112 valence electrons. The molecule has 0 bridgehead atoms. The molecule has 1 aromatic heterocycles. The van der Waals surface area contributed by atoms with Crippen LogP contribution in [0.1, 0.15) is 17.0 Å². The summed E-state index contributed by atoms with van der Waals surface area (Å²) in [4.78, 5) is 0. The molecule has 0 aliphatic carbocycles. The van der Waals surface area contributed by atoms with Crippen LogP contribution in [0.2, 0.25) is 0 Å². The summed E-state index contributed by atoms with van der Waals surface area (Å²) in [5, 5.41) is 11.7. The van der Waals surface area contributed by atoms with E-state index >= 15 is 0 Å². The number of hydrogen-bond acceptors (Lipinski definition) is 4. The first-order valence-electron chi connectivity index (χ1n) is 6.95. The van der Waals surface area contributed by atoms with Crippen LogP contribution in [0.3, 0.4) is 0 Å². The molecule has 0 aliphatic rings. The maximum atomic E-state index is 12.4. The molecule has 2 aromatic carbocycles. The van der Waals surface area contributed by atoms with Crippen molar-refractivity contribution in [2.75, 3.05) is 0 Å². The summed E-state index contributed by atoms with van der Waals surface area (Å²) in [7, 11) is -1.06. The fraction of sp³-hybridized carbons (Fsp3) is 0.188. The molecule has 1 heterocycles. The average Bonchev–Trinajstić information content (AvgIpc) is 2.96. The van der Waals surface area contributed by atoms with Crippen LogP contribution in [-0.4, -0.2) is 24.4 Å². The van der Waals surface area contributed by atoms with Crippen molar-refractivity contribution in [2.45, 2.75) is 18.4 Å². The molecule has 0 N–H and O–H groups in total. The van der Waals surface area contributed by atoms with Crippen LogP contribution in [0.15, 0.2) is 54.6 Å². The first-order chi connectivity index (χ1) is 10.7. The Kier molecular flexibility index (Phi) is 4.39. The van der Waals surface area contributed by atoms with Gasteiger partial charge in [-0.3, -0.25) is 4.21 Å². The van der Waals surface area contributed by atoms with E-state index in [2.05, 4.69) is 21.6 Å². The van der Waals surface area contributed by atoms with E-state index in [-0.39, 0.29) is 0 Å². The highest BCUT2D eigenvalue weighted by molar-refractivity contribution is 7.83. The molecule has 3 rings (SSSR count). The number of rotatable bonds is 5. The number of nitrogens with zero attached hydrogens (tertiary/aromatic N) is 4. The predicted molar refractivity (Wildman–Crippen MR) is 85.9 cm³/mol. The van der Waals surface area contributed by atoms with Gasteiger partial charge in [-0.05, 0) is 35.0 Å². The van der Waals surface area contributed by atoms with Crippen molar-refractivity contribution < 1.29 is 4.21 Å². The van der Waals surface area contributed by atoms with Gasteiger partial charge in [-0.25, -0.2) is 0 Å². The normalized spacial score (nSPS) is 12.2. The van der Waals surface area contributed by atoms with E-state index in [1.54, 1.807) is 4.68 Å². The van der Waals surface area contributed by atoms with E-state index in [1.807, 2.05) is 55.5 Å². The summed E-state index contributed by atoms with van der Waals surface area (Å²) in [5.74, 6) is 1.44. The molecule has 0 spiro atoms. The summed E-state index contributed by atoms with van der Waals surface area (Å²) in [6.45, 7) is 2.03. The minimum absolute atomic E-state index is 0.329. The third kappa shape index (κ3) is 3.46. The Labute approximate surface area is 131 Å². The highest BCUT2D eigenvalue weighted by Crippen LogP contribution is 2.12. The van der Waals surface area contributed by atoms with Crippen LogP contribution in [0.25, 0.3) is 5.69 Å². The van der Waals surface area contributed by atoms with E-state index in [0.717, 1.165) is 11.3 Å². The van der Waals surface area contributed by atoms with Crippen LogP contribution in [0.5, 0.6) is 0 Å². The number of aryl methyl sites for hydroxylation is 1. The van der Waals surface area contributed by atoms with Crippen molar-refractivity contribution >= 4 is 10.8 Å². The van der Waals surface area contributed by atoms with Gasteiger partial charge in [0.25, 0.3) is 0 Å². The van der Waals surface area contributed by atoms with Crippen molar-refractivity contribution in [2.24, 2.45) is 0 Å². The minimum atomic E-state index is -1.06. The van der Waals surface area contributed by atoms with Crippen molar-refractivity contribution in [3.8, 4) is 5.69 Å². The number of benzene rings is 2. The van der Waals surface area contributed by atoms with E-state index in [4.69, 9.17) is 0 Å². The second-order valence-electron chi connectivity index (χ2n) is 5.06. The molecule has 1 atom stereocenters. The van der Waals surface area contributed by atoms with E-state index in [0.29, 0.717) is 17.3 Å².